The van der Waals surface area contributed by atoms with Crippen molar-refractivity contribution in [2.75, 3.05) is 0 Å². The van der Waals surface area contributed by atoms with Gasteiger partial charge >= 0.3 is 5.97 Å². The molecular weight excluding hydrogens is 316 g/mol. The molecule has 5 atom stereocenters. The number of aliphatic hydroxyl groups excluding tert-OH is 2. The van der Waals surface area contributed by atoms with Crippen LogP contribution >= 0.6 is 0 Å². The summed E-state index contributed by atoms with van der Waals surface area (Å²) in [6.07, 6.45) is 9.68. The number of rotatable bonds is 8. The van der Waals surface area contributed by atoms with Gasteiger partial charge in [-0.05, 0) is 50.4 Å². The van der Waals surface area contributed by atoms with Crippen LogP contribution in [0.5, 0.6) is 0 Å². The van der Waals surface area contributed by atoms with Crippen molar-refractivity contribution in [2.24, 2.45) is 17.8 Å². The van der Waals surface area contributed by atoms with Crippen LogP contribution in [0.4, 0.5) is 0 Å². The molecule has 4 nitrogen and oxygen atoms in total. The lowest BCUT2D eigenvalue weighted by Gasteiger charge is -2.48. The van der Waals surface area contributed by atoms with Gasteiger partial charge in [-0.25, -0.2) is 0 Å². The van der Waals surface area contributed by atoms with E-state index in [4.69, 9.17) is 5.11 Å². The highest BCUT2D eigenvalue weighted by molar-refractivity contribution is 5.66. The second-order valence-corrected chi connectivity index (χ2v) is 7.51. The van der Waals surface area contributed by atoms with Crippen LogP contribution in [-0.4, -0.2) is 33.5 Å². The minimum absolute atomic E-state index is 0.0549. The second-order valence-electron chi connectivity index (χ2n) is 7.51. The van der Waals surface area contributed by atoms with E-state index in [9.17, 15) is 15.0 Å². The molecule has 2 aliphatic rings. The number of carbonyl (C=O) groups is 1. The summed E-state index contributed by atoms with van der Waals surface area (Å²) in [6, 6.07) is 0. The number of aliphatic carboxylic acids is 1. The van der Waals surface area contributed by atoms with Crippen LogP contribution in [0, 0.1) is 29.6 Å². The molecule has 1 unspecified atom stereocenters. The summed E-state index contributed by atoms with van der Waals surface area (Å²) in [4.78, 5) is 10.6. The Morgan fingerprint density at radius 3 is 2.84 bits per heavy atom. The van der Waals surface area contributed by atoms with Crippen LogP contribution in [0.2, 0.25) is 0 Å². The Morgan fingerprint density at radius 1 is 1.32 bits per heavy atom. The molecule has 0 aromatic carbocycles. The Balaban J connectivity index is 1.85. The lowest BCUT2D eigenvalue weighted by Crippen LogP contribution is -2.44. The van der Waals surface area contributed by atoms with Crippen LogP contribution < -0.4 is 0 Å². The van der Waals surface area contributed by atoms with Crippen LogP contribution in [0.3, 0.4) is 0 Å². The van der Waals surface area contributed by atoms with Gasteiger partial charge in [-0.2, -0.15) is 0 Å². The highest BCUT2D eigenvalue weighted by atomic mass is 16.4. The van der Waals surface area contributed by atoms with Crippen molar-refractivity contribution in [3.8, 4) is 11.8 Å². The maximum atomic E-state index is 10.6. The van der Waals surface area contributed by atoms with Crippen molar-refractivity contribution < 1.29 is 20.1 Å². The van der Waals surface area contributed by atoms with Crippen molar-refractivity contribution in [2.45, 2.75) is 83.3 Å². The molecule has 140 valence electrons. The molecule has 0 saturated heterocycles. The van der Waals surface area contributed by atoms with Gasteiger partial charge in [0.25, 0.3) is 0 Å². The van der Waals surface area contributed by atoms with Gasteiger partial charge in [-0.1, -0.05) is 49.7 Å². The van der Waals surface area contributed by atoms with E-state index in [0.717, 1.165) is 32.1 Å². The third-order valence-electron chi connectivity index (χ3n) is 5.63. The van der Waals surface area contributed by atoms with E-state index in [2.05, 4.69) is 24.8 Å². The zero-order valence-electron chi connectivity index (χ0n) is 15.3. The van der Waals surface area contributed by atoms with Gasteiger partial charge in [0.2, 0.25) is 0 Å². The van der Waals surface area contributed by atoms with E-state index >= 15 is 0 Å². The first kappa shape index (κ1) is 20.0. The number of unbranched alkanes of at least 4 members (excludes halogenated alkanes) is 3. The zero-order valence-corrected chi connectivity index (χ0v) is 15.3. The average molecular weight is 348 g/mol. The number of carboxylic acids is 1. The molecule has 0 heterocycles. The fraction of sp³-hybridized carbons (Fsp3) is 0.762. The summed E-state index contributed by atoms with van der Waals surface area (Å²) in [5, 5.41) is 29.1. The minimum Gasteiger partial charge on any atom is -0.481 e. The lowest BCUT2D eigenvalue weighted by molar-refractivity contribution is -0.136. The van der Waals surface area contributed by atoms with E-state index < -0.39 is 18.2 Å². The first-order valence-corrected chi connectivity index (χ1v) is 9.80. The Kier molecular flexibility index (Phi) is 7.99. The Labute approximate surface area is 151 Å². The predicted molar refractivity (Wildman–Crippen MR) is 97.8 cm³/mol. The van der Waals surface area contributed by atoms with Gasteiger partial charge in [0.05, 0.1) is 12.0 Å². The van der Waals surface area contributed by atoms with Gasteiger partial charge in [0.15, 0.2) is 0 Å². The smallest absolute Gasteiger partial charge is 0.303 e. The quantitative estimate of drug-likeness (QED) is 0.356. The molecule has 2 saturated carbocycles. The lowest BCUT2D eigenvalue weighted by atomic mass is 9.57. The number of carboxylic acid groups (broad SMARTS) is 1. The molecule has 25 heavy (non-hydrogen) atoms. The largest absolute Gasteiger partial charge is 0.481 e. The van der Waals surface area contributed by atoms with Crippen molar-refractivity contribution in [1.29, 1.82) is 0 Å². The summed E-state index contributed by atoms with van der Waals surface area (Å²) >= 11 is 0. The minimum atomic E-state index is -0.761. The van der Waals surface area contributed by atoms with Gasteiger partial charge in [0, 0.05) is 6.42 Å². The van der Waals surface area contributed by atoms with Crippen molar-refractivity contribution in [1.82, 2.24) is 0 Å². The van der Waals surface area contributed by atoms with Crippen molar-refractivity contribution in [3.05, 3.63) is 11.6 Å². The number of fused-ring (bicyclic) bond motifs is 1. The molecule has 2 fully saturated rings. The molecule has 0 aromatic rings. The van der Waals surface area contributed by atoms with Gasteiger partial charge < -0.3 is 15.3 Å². The van der Waals surface area contributed by atoms with Crippen LogP contribution in [0.25, 0.3) is 0 Å². The molecule has 0 bridgehead atoms. The number of hydrogen-bond donors (Lipinski definition) is 3. The Morgan fingerprint density at radius 2 is 2.12 bits per heavy atom. The molecule has 0 radical (unpaired) electrons. The van der Waals surface area contributed by atoms with E-state index in [-0.39, 0.29) is 12.3 Å². The van der Waals surface area contributed by atoms with E-state index in [1.54, 1.807) is 0 Å². The highest BCUT2D eigenvalue weighted by Gasteiger charge is 2.46. The van der Waals surface area contributed by atoms with Crippen molar-refractivity contribution >= 4 is 5.97 Å². The van der Waals surface area contributed by atoms with E-state index in [1.807, 2.05) is 0 Å². The number of hydrogen-bond acceptors (Lipinski definition) is 3. The first-order valence-electron chi connectivity index (χ1n) is 9.80. The maximum Gasteiger partial charge on any atom is 0.303 e. The third-order valence-corrected chi connectivity index (χ3v) is 5.63. The average Bonchev–Trinajstić information content (AvgIpc) is 2.55. The highest BCUT2D eigenvalue weighted by Crippen LogP contribution is 2.51. The standard InChI is InChI=1S/C21H32O4/c1-2-3-4-5-8-16(22)10-11-18-19-14-15(7-6-9-21(24)25)17(19)12-13-20(18)23/h7,16-20,22-23H,2-6,8-9,12-14H2,1H3,(H,24,25)/t16?,17-,18-,19+,20-/m1/s1. The fourth-order valence-electron chi connectivity index (χ4n) is 4.12. The second kappa shape index (κ2) is 9.99. The monoisotopic (exact) mass is 348 g/mol. The Hall–Kier alpha value is -1.31. The van der Waals surface area contributed by atoms with Gasteiger partial charge in [-0.3, -0.25) is 4.79 Å². The molecule has 2 rings (SSSR count). The van der Waals surface area contributed by atoms with E-state index in [0.29, 0.717) is 24.7 Å². The van der Waals surface area contributed by atoms with Crippen LogP contribution in [0.15, 0.2) is 11.6 Å². The predicted octanol–water partition coefficient (Wildman–Crippen LogP) is 3.52. The summed E-state index contributed by atoms with van der Waals surface area (Å²) in [7, 11) is 0. The topological polar surface area (TPSA) is 77.8 Å². The summed E-state index contributed by atoms with van der Waals surface area (Å²) in [5.74, 6) is 6.12. The van der Waals surface area contributed by atoms with Crippen LogP contribution in [-0.2, 0) is 4.79 Å². The third kappa shape index (κ3) is 5.87. The summed E-state index contributed by atoms with van der Waals surface area (Å²) in [5.41, 5.74) is 1.34. The molecule has 4 heteroatoms. The summed E-state index contributed by atoms with van der Waals surface area (Å²) in [6.45, 7) is 2.17. The Bertz CT molecular complexity index is 528. The van der Waals surface area contributed by atoms with E-state index in [1.165, 1.54) is 18.4 Å². The molecule has 0 aromatic heterocycles. The molecule has 0 spiro atoms. The van der Waals surface area contributed by atoms with Gasteiger partial charge in [-0.15, -0.1) is 0 Å². The zero-order chi connectivity index (χ0) is 18.2. The normalized spacial score (nSPS) is 30.8. The molecular formula is C21H32O4. The molecule has 0 aliphatic heterocycles. The molecule has 0 amide bonds. The van der Waals surface area contributed by atoms with Crippen molar-refractivity contribution in [3.63, 3.8) is 0 Å². The number of allylic oxidation sites excluding steroid dienone is 2. The SMILES string of the molecule is CCCCCCC(O)C#C[C@@H]1[C@H]2CC(=CCCC(=O)O)[C@H]2CC[C@H]1O. The van der Waals surface area contributed by atoms with Crippen LogP contribution in [0.1, 0.15) is 71.1 Å². The molecule has 2 aliphatic carbocycles. The molecule has 3 N–H and O–H groups in total. The maximum absolute atomic E-state index is 10.6. The van der Waals surface area contributed by atoms with Gasteiger partial charge in [0.1, 0.15) is 6.10 Å². The number of aliphatic hydroxyl groups is 2. The first-order chi connectivity index (χ1) is 12.0. The fourth-order valence-corrected chi connectivity index (χ4v) is 4.12. The summed E-state index contributed by atoms with van der Waals surface area (Å²) < 4.78 is 0.